The monoisotopic (exact) mass is 253 g/mol. The molecule has 2 radical (unpaired) electrons. The van der Waals surface area contributed by atoms with Crippen LogP contribution >= 0.6 is 12.2 Å². The topological polar surface area (TPSA) is 25.2 Å². The van der Waals surface area contributed by atoms with E-state index in [1.54, 1.807) is 18.2 Å². The van der Waals surface area contributed by atoms with Crippen molar-refractivity contribution >= 4 is 12.2 Å². The predicted octanol–water partition coefficient (Wildman–Crippen LogP) is 1.45. The summed E-state index contributed by atoms with van der Waals surface area (Å²) in [5.74, 6) is 0. The molecule has 1 aromatic rings. The smallest absolute Gasteiger partial charge is 0.142 e. The fourth-order valence-electron chi connectivity index (χ4n) is 0.419. The zero-order valence-corrected chi connectivity index (χ0v) is 7.41. The maximum absolute atomic E-state index is 8.73. The molecule has 5 heteroatoms. The molecule has 64 valence electrons. The molecular weight excluding hydrogens is 249 g/mol. The van der Waals surface area contributed by atoms with Gasteiger partial charge in [0, 0.05) is 40.3 Å². The molecule has 1 aromatic heterocycles. The quantitative estimate of drug-likeness (QED) is 0.430. The van der Waals surface area contributed by atoms with Crippen LogP contribution in [0.15, 0.2) is 24.4 Å². The summed E-state index contributed by atoms with van der Waals surface area (Å²) in [7, 11) is 0. The number of rotatable bonds is 0. The maximum atomic E-state index is 8.73. The fraction of sp³-hybridized carbons (Fsp3) is 0. The Morgan fingerprint density at radius 1 is 1.30 bits per heavy atom. The van der Waals surface area contributed by atoms with Gasteiger partial charge in [-0.05, 0) is 12.1 Å². The second kappa shape index (κ2) is 5.95. The van der Waals surface area contributed by atoms with E-state index in [1.165, 1.54) is 6.20 Å². The normalized spacial score (nSPS) is 7.20. The Morgan fingerprint density at radius 3 is 2.20 bits per heavy atom. The van der Waals surface area contributed by atoms with Crippen LogP contribution < -0.4 is 0 Å². The molecular formula is C5H5Cu2NOS. The molecule has 0 aromatic carbocycles. The van der Waals surface area contributed by atoms with Gasteiger partial charge in [-0.3, -0.25) is 0 Å². The van der Waals surface area contributed by atoms with Gasteiger partial charge in [-0.25, -0.2) is 0 Å². The standard InChI is InChI=1S/C5H5NOS.2Cu/c7-6-4-2-1-3-5(6)8;;/h1-4,7H;;. The summed E-state index contributed by atoms with van der Waals surface area (Å²) < 4.78 is 1.32. The zero-order chi connectivity index (χ0) is 5.98. The van der Waals surface area contributed by atoms with Gasteiger partial charge in [-0.2, -0.15) is 4.73 Å². The van der Waals surface area contributed by atoms with Crippen LogP contribution in [-0.2, 0) is 34.1 Å². The molecule has 1 rings (SSSR count). The van der Waals surface area contributed by atoms with Gasteiger partial charge in [0.25, 0.3) is 0 Å². The summed E-state index contributed by atoms with van der Waals surface area (Å²) in [5.41, 5.74) is 0. The van der Waals surface area contributed by atoms with Crippen LogP contribution in [0.4, 0.5) is 0 Å². The summed E-state index contributed by atoms with van der Waals surface area (Å²) in [5, 5.41) is 8.73. The van der Waals surface area contributed by atoms with Crippen LogP contribution in [-0.4, -0.2) is 9.94 Å². The van der Waals surface area contributed by atoms with Crippen molar-refractivity contribution in [2.24, 2.45) is 0 Å². The van der Waals surface area contributed by atoms with E-state index in [-0.39, 0.29) is 34.1 Å². The van der Waals surface area contributed by atoms with Gasteiger partial charge in [-0.15, -0.1) is 0 Å². The summed E-state index contributed by atoms with van der Waals surface area (Å²) >= 11 is 4.67. The molecule has 1 heterocycles. The zero-order valence-electron chi connectivity index (χ0n) is 4.72. The molecule has 1 N–H and O–H groups in total. The number of hydrogen-bond donors (Lipinski definition) is 1. The number of nitrogens with zero attached hydrogens (tertiary/aromatic N) is 1. The predicted molar refractivity (Wildman–Crippen MR) is 32.5 cm³/mol. The minimum absolute atomic E-state index is 0. The Balaban J connectivity index is 0. The number of aromatic nitrogens is 1. The van der Waals surface area contributed by atoms with Gasteiger partial charge < -0.3 is 5.21 Å². The molecule has 0 fully saturated rings. The number of pyridine rings is 1. The Hall–Kier alpha value is 0.209. The van der Waals surface area contributed by atoms with Gasteiger partial charge in [0.2, 0.25) is 0 Å². The molecule has 0 saturated heterocycles. The van der Waals surface area contributed by atoms with Crippen molar-refractivity contribution in [1.29, 1.82) is 0 Å². The van der Waals surface area contributed by atoms with Gasteiger partial charge >= 0.3 is 0 Å². The van der Waals surface area contributed by atoms with Gasteiger partial charge in [0.1, 0.15) is 4.64 Å². The van der Waals surface area contributed by atoms with E-state index in [1.807, 2.05) is 0 Å². The van der Waals surface area contributed by atoms with Gasteiger partial charge in [0.15, 0.2) is 0 Å². The molecule has 0 amide bonds. The summed E-state index contributed by atoms with van der Waals surface area (Å²) in [4.78, 5) is 0. The summed E-state index contributed by atoms with van der Waals surface area (Å²) in [6.45, 7) is 0. The van der Waals surface area contributed by atoms with E-state index >= 15 is 0 Å². The van der Waals surface area contributed by atoms with E-state index in [9.17, 15) is 0 Å². The molecule has 0 aliphatic heterocycles. The molecule has 10 heavy (non-hydrogen) atoms. The molecule has 0 spiro atoms. The Morgan fingerprint density at radius 2 is 1.90 bits per heavy atom. The molecule has 0 unspecified atom stereocenters. The van der Waals surface area contributed by atoms with E-state index in [0.717, 1.165) is 4.73 Å². The van der Waals surface area contributed by atoms with Crippen LogP contribution in [0, 0.1) is 4.64 Å². The van der Waals surface area contributed by atoms with E-state index in [0.29, 0.717) is 4.64 Å². The second-order valence-electron chi connectivity index (χ2n) is 1.38. The third kappa shape index (κ3) is 3.40. The fourth-order valence-corrected chi connectivity index (χ4v) is 0.558. The van der Waals surface area contributed by atoms with Crippen LogP contribution in [0.3, 0.4) is 0 Å². The van der Waals surface area contributed by atoms with E-state index in [4.69, 9.17) is 5.21 Å². The molecule has 2 nitrogen and oxygen atoms in total. The third-order valence-electron chi connectivity index (χ3n) is 0.803. The largest absolute Gasteiger partial charge is 0.428 e. The maximum Gasteiger partial charge on any atom is 0.142 e. The van der Waals surface area contributed by atoms with Crippen molar-refractivity contribution in [1.82, 2.24) is 4.73 Å². The van der Waals surface area contributed by atoms with Crippen molar-refractivity contribution < 1.29 is 39.3 Å². The van der Waals surface area contributed by atoms with E-state index in [2.05, 4.69) is 12.2 Å². The third-order valence-corrected chi connectivity index (χ3v) is 1.13. The van der Waals surface area contributed by atoms with Crippen LogP contribution in [0.25, 0.3) is 0 Å². The van der Waals surface area contributed by atoms with Crippen molar-refractivity contribution in [2.45, 2.75) is 0 Å². The van der Waals surface area contributed by atoms with Crippen molar-refractivity contribution in [3.63, 3.8) is 0 Å². The average Bonchev–Trinajstić information content (AvgIpc) is 1.77. The van der Waals surface area contributed by atoms with Gasteiger partial charge in [0.05, 0.1) is 0 Å². The molecule has 0 aliphatic carbocycles. The molecule has 0 atom stereocenters. The Bertz CT molecular complexity index is 237. The first-order chi connectivity index (χ1) is 3.80. The van der Waals surface area contributed by atoms with Crippen LogP contribution in [0.1, 0.15) is 0 Å². The summed E-state index contributed by atoms with van der Waals surface area (Å²) in [6, 6.07) is 5.13. The van der Waals surface area contributed by atoms with E-state index < -0.39 is 0 Å². The molecule has 0 saturated carbocycles. The second-order valence-corrected chi connectivity index (χ2v) is 1.80. The minimum Gasteiger partial charge on any atom is -0.428 e. The minimum atomic E-state index is 0. The average molecular weight is 254 g/mol. The first-order valence-electron chi connectivity index (χ1n) is 2.17. The molecule has 0 bridgehead atoms. The number of hydrogen-bond acceptors (Lipinski definition) is 2. The first-order valence-corrected chi connectivity index (χ1v) is 2.58. The van der Waals surface area contributed by atoms with Crippen molar-refractivity contribution in [3.8, 4) is 0 Å². The Kier molecular flexibility index (Phi) is 7.65. The SMILES string of the molecule is On1ccccc1=S.[Cu].[Cu]. The summed E-state index contributed by atoms with van der Waals surface area (Å²) in [6.07, 6.45) is 1.49. The van der Waals surface area contributed by atoms with Crippen LogP contribution in [0.5, 0.6) is 0 Å². The van der Waals surface area contributed by atoms with Crippen molar-refractivity contribution in [3.05, 3.63) is 29.0 Å². The van der Waals surface area contributed by atoms with Crippen LogP contribution in [0.2, 0.25) is 0 Å². The van der Waals surface area contributed by atoms with Crippen molar-refractivity contribution in [2.75, 3.05) is 0 Å². The molecule has 0 aliphatic rings. The first kappa shape index (κ1) is 12.8. The Labute approximate surface area is 85.2 Å². The van der Waals surface area contributed by atoms with Gasteiger partial charge in [-0.1, -0.05) is 18.3 Å².